The quantitative estimate of drug-likeness (QED) is 0.513. The number of anilines is 1. The number of thiocarbonyl (C=S) groups is 1. The largest absolute Gasteiger partial charge is 0.496 e. The predicted molar refractivity (Wildman–Crippen MR) is 105 cm³/mol. The molecular formula is C17H11Cl2NO2S2. The molecule has 2 aromatic rings. The summed E-state index contributed by atoms with van der Waals surface area (Å²) >= 11 is 18.6. The molecular weight excluding hydrogens is 385 g/mol. The molecule has 0 spiro atoms. The first-order chi connectivity index (χ1) is 11.5. The Morgan fingerprint density at radius 3 is 2.50 bits per heavy atom. The molecule has 0 aliphatic carbocycles. The van der Waals surface area contributed by atoms with Crippen molar-refractivity contribution in [3.63, 3.8) is 0 Å². The van der Waals surface area contributed by atoms with Gasteiger partial charge in [0.25, 0.3) is 5.91 Å². The zero-order valence-electron chi connectivity index (χ0n) is 12.5. The Kier molecular flexibility index (Phi) is 5.15. The second kappa shape index (κ2) is 7.15. The SMILES string of the molecule is COc1ccccc1/C=C1\SC(=S)N(c2cc(Cl)cc(Cl)c2)C1=O. The summed E-state index contributed by atoms with van der Waals surface area (Å²) < 4.78 is 5.74. The maximum Gasteiger partial charge on any atom is 0.270 e. The summed E-state index contributed by atoms with van der Waals surface area (Å²) in [6.07, 6.45) is 1.77. The number of halogens is 2. The van der Waals surface area contributed by atoms with E-state index in [-0.39, 0.29) is 5.91 Å². The molecule has 1 saturated heterocycles. The lowest BCUT2D eigenvalue weighted by Gasteiger charge is -2.15. The maximum absolute atomic E-state index is 12.8. The van der Waals surface area contributed by atoms with E-state index in [1.54, 1.807) is 31.4 Å². The highest BCUT2D eigenvalue weighted by Gasteiger charge is 2.33. The minimum Gasteiger partial charge on any atom is -0.496 e. The zero-order chi connectivity index (χ0) is 17.3. The fourth-order valence-electron chi connectivity index (χ4n) is 2.29. The molecule has 1 fully saturated rings. The molecule has 0 bridgehead atoms. The maximum atomic E-state index is 12.8. The third-order valence-electron chi connectivity index (χ3n) is 3.32. The normalized spacial score (nSPS) is 16.1. The van der Waals surface area contributed by atoms with E-state index in [4.69, 9.17) is 40.2 Å². The number of hydrogen-bond donors (Lipinski definition) is 0. The molecule has 7 heteroatoms. The molecule has 1 aliphatic heterocycles. The zero-order valence-corrected chi connectivity index (χ0v) is 15.6. The molecule has 0 N–H and O–H groups in total. The Morgan fingerprint density at radius 2 is 1.83 bits per heavy atom. The van der Waals surface area contributed by atoms with E-state index in [2.05, 4.69) is 0 Å². The van der Waals surface area contributed by atoms with Gasteiger partial charge in [0.2, 0.25) is 0 Å². The van der Waals surface area contributed by atoms with Crippen molar-refractivity contribution in [2.45, 2.75) is 0 Å². The number of para-hydroxylation sites is 1. The lowest BCUT2D eigenvalue weighted by atomic mass is 10.2. The summed E-state index contributed by atoms with van der Waals surface area (Å²) in [6.45, 7) is 0. The van der Waals surface area contributed by atoms with Crippen LogP contribution in [0.2, 0.25) is 10.0 Å². The first kappa shape index (κ1) is 17.3. The Bertz CT molecular complexity index is 847. The van der Waals surface area contributed by atoms with Crippen molar-refractivity contribution in [2.24, 2.45) is 0 Å². The molecule has 0 unspecified atom stereocenters. The summed E-state index contributed by atoms with van der Waals surface area (Å²) in [5, 5.41) is 0.889. The van der Waals surface area contributed by atoms with Gasteiger partial charge < -0.3 is 4.74 Å². The van der Waals surface area contributed by atoms with E-state index < -0.39 is 0 Å². The molecule has 3 rings (SSSR count). The molecule has 0 aromatic heterocycles. The molecule has 1 amide bonds. The number of carbonyl (C=O) groups is 1. The van der Waals surface area contributed by atoms with Crippen LogP contribution in [0.25, 0.3) is 6.08 Å². The minimum absolute atomic E-state index is 0.214. The monoisotopic (exact) mass is 395 g/mol. The van der Waals surface area contributed by atoms with Crippen molar-refractivity contribution in [3.8, 4) is 5.75 Å². The molecule has 24 heavy (non-hydrogen) atoms. The number of nitrogens with zero attached hydrogens (tertiary/aromatic N) is 1. The Balaban J connectivity index is 1.98. The van der Waals surface area contributed by atoms with Crippen LogP contribution in [-0.4, -0.2) is 17.3 Å². The molecule has 1 heterocycles. The van der Waals surface area contributed by atoms with Gasteiger partial charge in [-0.05, 0) is 30.3 Å². The smallest absolute Gasteiger partial charge is 0.270 e. The highest BCUT2D eigenvalue weighted by Crippen LogP contribution is 2.38. The Hall–Kier alpha value is -1.53. The van der Waals surface area contributed by atoms with Gasteiger partial charge in [0.1, 0.15) is 5.75 Å². The van der Waals surface area contributed by atoms with E-state index >= 15 is 0 Å². The molecule has 2 aromatic carbocycles. The Labute approximate surface area is 159 Å². The number of benzene rings is 2. The summed E-state index contributed by atoms with van der Waals surface area (Å²) in [5.41, 5.74) is 1.36. The lowest BCUT2D eigenvalue weighted by Crippen LogP contribution is -2.27. The summed E-state index contributed by atoms with van der Waals surface area (Å²) in [7, 11) is 1.59. The van der Waals surface area contributed by atoms with Crippen LogP contribution >= 0.6 is 47.2 Å². The van der Waals surface area contributed by atoms with Gasteiger partial charge in [0.15, 0.2) is 4.32 Å². The second-order valence-corrected chi connectivity index (χ2v) is 7.44. The van der Waals surface area contributed by atoms with Crippen LogP contribution in [-0.2, 0) is 4.79 Å². The molecule has 3 nitrogen and oxygen atoms in total. The van der Waals surface area contributed by atoms with Crippen molar-refractivity contribution in [1.82, 2.24) is 0 Å². The van der Waals surface area contributed by atoms with Crippen molar-refractivity contribution >= 4 is 69.2 Å². The fourth-order valence-corrected chi connectivity index (χ4v) is 4.09. The fraction of sp³-hybridized carbons (Fsp3) is 0.0588. The average Bonchev–Trinajstić information content (AvgIpc) is 2.81. The van der Waals surface area contributed by atoms with Gasteiger partial charge in [0, 0.05) is 15.6 Å². The summed E-state index contributed by atoms with van der Waals surface area (Å²) in [4.78, 5) is 14.7. The minimum atomic E-state index is -0.214. The third-order valence-corrected chi connectivity index (χ3v) is 5.06. The van der Waals surface area contributed by atoms with Crippen molar-refractivity contribution in [3.05, 3.63) is 63.0 Å². The van der Waals surface area contributed by atoms with Gasteiger partial charge in [0.05, 0.1) is 17.7 Å². The summed E-state index contributed by atoms with van der Waals surface area (Å²) in [5.74, 6) is 0.475. The van der Waals surface area contributed by atoms with Gasteiger partial charge in [-0.1, -0.05) is 65.4 Å². The van der Waals surface area contributed by atoms with Gasteiger partial charge in [-0.2, -0.15) is 0 Å². The van der Waals surface area contributed by atoms with Gasteiger partial charge in [-0.15, -0.1) is 0 Å². The van der Waals surface area contributed by atoms with Crippen LogP contribution < -0.4 is 9.64 Å². The highest BCUT2D eigenvalue weighted by molar-refractivity contribution is 8.27. The van der Waals surface area contributed by atoms with Crippen LogP contribution in [0.3, 0.4) is 0 Å². The van der Waals surface area contributed by atoms with Crippen molar-refractivity contribution < 1.29 is 9.53 Å². The number of amides is 1. The summed E-state index contributed by atoms with van der Waals surface area (Å²) in [6, 6.07) is 12.4. The number of rotatable bonds is 3. The standard InChI is InChI=1S/C17H11Cl2NO2S2/c1-22-14-5-3-2-4-10(14)6-15-16(21)20(17(23)24-15)13-8-11(18)7-12(19)9-13/h2-9H,1H3/b15-6-. The van der Waals surface area contributed by atoms with E-state index in [1.807, 2.05) is 24.3 Å². The molecule has 0 radical (unpaired) electrons. The van der Waals surface area contributed by atoms with Gasteiger partial charge in [-0.25, -0.2) is 0 Å². The number of hydrogen-bond acceptors (Lipinski definition) is 4. The number of carbonyl (C=O) groups excluding carboxylic acids is 1. The Morgan fingerprint density at radius 1 is 1.17 bits per heavy atom. The third kappa shape index (κ3) is 3.44. The highest BCUT2D eigenvalue weighted by atomic mass is 35.5. The van der Waals surface area contributed by atoms with Crippen LogP contribution in [0, 0.1) is 0 Å². The molecule has 0 saturated carbocycles. The van der Waals surface area contributed by atoms with Crippen LogP contribution in [0.15, 0.2) is 47.4 Å². The number of thioether (sulfide) groups is 1. The van der Waals surface area contributed by atoms with E-state index in [1.165, 1.54) is 16.7 Å². The van der Waals surface area contributed by atoms with E-state index in [9.17, 15) is 4.79 Å². The molecule has 122 valence electrons. The lowest BCUT2D eigenvalue weighted by molar-refractivity contribution is -0.113. The van der Waals surface area contributed by atoms with Crippen LogP contribution in [0.1, 0.15) is 5.56 Å². The van der Waals surface area contributed by atoms with Crippen molar-refractivity contribution in [2.75, 3.05) is 12.0 Å². The molecule has 0 atom stereocenters. The van der Waals surface area contributed by atoms with Gasteiger partial charge in [-0.3, -0.25) is 9.69 Å². The van der Waals surface area contributed by atoms with E-state index in [0.29, 0.717) is 30.7 Å². The van der Waals surface area contributed by atoms with Crippen LogP contribution in [0.4, 0.5) is 5.69 Å². The second-order valence-electron chi connectivity index (χ2n) is 4.89. The number of methoxy groups -OCH3 is 1. The average molecular weight is 396 g/mol. The van der Waals surface area contributed by atoms with E-state index in [0.717, 1.165) is 5.56 Å². The topological polar surface area (TPSA) is 29.5 Å². The first-order valence-electron chi connectivity index (χ1n) is 6.86. The van der Waals surface area contributed by atoms with Gasteiger partial charge >= 0.3 is 0 Å². The van der Waals surface area contributed by atoms with Crippen LogP contribution in [0.5, 0.6) is 5.75 Å². The number of ether oxygens (including phenoxy) is 1. The molecule has 1 aliphatic rings. The first-order valence-corrected chi connectivity index (χ1v) is 8.85. The predicted octanol–water partition coefficient (Wildman–Crippen LogP) is 5.41. The van der Waals surface area contributed by atoms with Crippen molar-refractivity contribution in [1.29, 1.82) is 0 Å².